The van der Waals surface area contributed by atoms with Crippen molar-refractivity contribution in [3.8, 4) is 0 Å². The lowest BCUT2D eigenvalue weighted by atomic mass is 9.86. The molecule has 324 valence electrons. The van der Waals surface area contributed by atoms with E-state index in [2.05, 4.69) is 0 Å². The Kier molecular flexibility index (Phi) is 17.6. The van der Waals surface area contributed by atoms with Gasteiger partial charge < -0.3 is 66.3 Å². The molecule has 5 aliphatic rings. The summed E-state index contributed by atoms with van der Waals surface area (Å²) in [5, 5.41) is 0. The molecule has 5 saturated heterocycles. The van der Waals surface area contributed by atoms with Crippen LogP contribution in [0.3, 0.4) is 0 Å². The molecule has 0 saturated carbocycles. The fourth-order valence-electron chi connectivity index (χ4n) is 8.93. The maximum atomic E-state index is 13.7. The normalized spacial score (nSPS) is 44.5. The molecule has 5 heterocycles. The van der Waals surface area contributed by atoms with Gasteiger partial charge in [0.1, 0.15) is 48.8 Å². The number of methoxy groups -OCH3 is 6. The van der Waals surface area contributed by atoms with Crippen LogP contribution in [-0.4, -0.2) is 166 Å². The predicted octanol–water partition coefficient (Wildman–Crippen LogP) is 3.36. The van der Waals surface area contributed by atoms with Crippen molar-refractivity contribution in [1.29, 1.82) is 0 Å². The molecule has 0 aromatic heterocycles. The van der Waals surface area contributed by atoms with Crippen LogP contribution >= 0.6 is 0 Å². The number of cyclic esters (lactones) is 2. The predicted molar refractivity (Wildman–Crippen MR) is 198 cm³/mol. The molecule has 5 aliphatic heterocycles. The second-order valence-electron chi connectivity index (χ2n) is 15.8. The minimum absolute atomic E-state index is 0.0216. The molecule has 56 heavy (non-hydrogen) atoms. The number of ether oxygens (including phenoxy) is 14. The summed E-state index contributed by atoms with van der Waals surface area (Å²) in [5.74, 6) is -1.15. The summed E-state index contributed by atoms with van der Waals surface area (Å²) in [5.41, 5.74) is 0. The molecule has 16 heteroatoms. The number of rotatable bonds is 12. The van der Waals surface area contributed by atoms with Gasteiger partial charge in [-0.05, 0) is 12.8 Å². The number of hydrogen-bond donors (Lipinski definition) is 0. The first-order valence-electron chi connectivity index (χ1n) is 20.4. The highest BCUT2D eigenvalue weighted by molar-refractivity contribution is 5.70. The molecule has 0 radical (unpaired) electrons. The van der Waals surface area contributed by atoms with Crippen LogP contribution in [-0.2, 0) is 75.9 Å². The highest BCUT2D eigenvalue weighted by atomic mass is 16.7. The molecule has 0 aliphatic carbocycles. The van der Waals surface area contributed by atoms with Gasteiger partial charge in [0.2, 0.25) is 0 Å². The minimum Gasteiger partial charge on any atom is -0.462 e. The summed E-state index contributed by atoms with van der Waals surface area (Å²) in [7, 11) is 9.61. The smallest absolute Gasteiger partial charge is 0.308 e. The van der Waals surface area contributed by atoms with Crippen LogP contribution in [0, 0.1) is 11.8 Å². The summed E-state index contributed by atoms with van der Waals surface area (Å²) in [6, 6.07) is 0. The van der Waals surface area contributed by atoms with Crippen LogP contribution < -0.4 is 0 Å². The Hall–Kier alpha value is -1.54. The van der Waals surface area contributed by atoms with Gasteiger partial charge in [-0.15, -0.1) is 0 Å². The van der Waals surface area contributed by atoms with Crippen molar-refractivity contribution < 1.29 is 75.9 Å². The van der Waals surface area contributed by atoms with Gasteiger partial charge in [0.25, 0.3) is 0 Å². The van der Waals surface area contributed by atoms with Crippen molar-refractivity contribution in [2.45, 2.75) is 177 Å². The van der Waals surface area contributed by atoms with Gasteiger partial charge in [-0.25, -0.2) is 0 Å². The zero-order chi connectivity index (χ0) is 40.5. The fraction of sp³-hybridized carbons (Fsp3) is 0.950. The summed E-state index contributed by atoms with van der Waals surface area (Å²) in [4.78, 5) is 27.5. The zero-order valence-corrected chi connectivity index (χ0v) is 35.0. The molecule has 5 fully saturated rings. The Morgan fingerprint density at radius 3 is 1.21 bits per heavy atom. The van der Waals surface area contributed by atoms with Crippen molar-refractivity contribution >= 4 is 11.9 Å². The molecule has 0 aromatic rings. The molecule has 5 rings (SSSR count). The van der Waals surface area contributed by atoms with Gasteiger partial charge in [0.15, 0.2) is 12.6 Å². The Morgan fingerprint density at radius 2 is 0.893 bits per heavy atom. The SMILES string of the molecule is CC[C@@H]1C[C@@H]2C[C@H](O[C@@H]3OC[C@@H](OC)[C@H](OC)[C@H]3OC)[C@@H](C)[C@H](CC(=O)O[C@H](CC)C[C@@H]3C[C@H](O[C@@H]4OC[C@@H](OC)[C@H](OC)[C@H]4OC)[C@@H](C)[C@H](CC(=O)O1)O3)O2. The second kappa shape index (κ2) is 21.6. The topological polar surface area (TPSA) is 163 Å². The Balaban J connectivity index is 1.34. The summed E-state index contributed by atoms with van der Waals surface area (Å²) >= 11 is 0. The number of hydrogen-bond acceptors (Lipinski definition) is 16. The van der Waals surface area contributed by atoms with E-state index in [1.807, 2.05) is 27.7 Å². The van der Waals surface area contributed by atoms with Gasteiger partial charge in [-0.2, -0.15) is 0 Å². The second-order valence-corrected chi connectivity index (χ2v) is 15.8. The molecular formula is C40H68O16. The van der Waals surface area contributed by atoms with E-state index in [0.717, 1.165) is 0 Å². The first kappa shape index (κ1) is 45.5. The Labute approximate surface area is 332 Å². The van der Waals surface area contributed by atoms with Crippen molar-refractivity contribution in [2.24, 2.45) is 11.8 Å². The molecule has 0 N–H and O–H groups in total. The van der Waals surface area contributed by atoms with E-state index in [0.29, 0.717) is 38.5 Å². The molecule has 0 aromatic carbocycles. The third kappa shape index (κ3) is 11.0. The molecule has 18 atom stereocenters. The van der Waals surface area contributed by atoms with Crippen molar-refractivity contribution in [2.75, 3.05) is 55.9 Å². The summed E-state index contributed by atoms with van der Waals surface area (Å²) in [6.45, 7) is 8.50. The first-order valence-corrected chi connectivity index (χ1v) is 20.4. The van der Waals surface area contributed by atoms with Gasteiger partial charge in [-0.3, -0.25) is 9.59 Å². The van der Waals surface area contributed by atoms with Crippen LogP contribution in [0.4, 0.5) is 0 Å². The van der Waals surface area contributed by atoms with Gasteiger partial charge >= 0.3 is 11.9 Å². The van der Waals surface area contributed by atoms with Crippen molar-refractivity contribution in [3.63, 3.8) is 0 Å². The number of esters is 2. The van der Waals surface area contributed by atoms with E-state index >= 15 is 0 Å². The molecule has 0 spiro atoms. The lowest BCUT2D eigenvalue weighted by molar-refractivity contribution is -0.309. The van der Waals surface area contributed by atoms with E-state index in [1.54, 1.807) is 42.7 Å². The Bertz CT molecular complexity index is 1120. The molecule has 0 unspecified atom stereocenters. The summed E-state index contributed by atoms with van der Waals surface area (Å²) < 4.78 is 85.3. The molecule has 4 bridgehead atoms. The third-order valence-corrected chi connectivity index (χ3v) is 12.4. The third-order valence-electron chi connectivity index (χ3n) is 12.4. The van der Waals surface area contributed by atoms with Crippen LogP contribution in [0.15, 0.2) is 0 Å². The molecular weight excluding hydrogens is 736 g/mol. The first-order chi connectivity index (χ1) is 27.0. The van der Waals surface area contributed by atoms with Crippen LogP contribution in [0.2, 0.25) is 0 Å². The fourth-order valence-corrected chi connectivity index (χ4v) is 8.93. The number of carbonyl (C=O) groups is 2. The van der Waals surface area contributed by atoms with E-state index in [1.165, 1.54) is 0 Å². The van der Waals surface area contributed by atoms with Crippen LogP contribution in [0.5, 0.6) is 0 Å². The van der Waals surface area contributed by atoms with Crippen LogP contribution in [0.1, 0.15) is 79.1 Å². The molecule has 16 nitrogen and oxygen atoms in total. The average molecular weight is 805 g/mol. The van der Waals surface area contributed by atoms with Gasteiger partial charge in [0.05, 0.1) is 62.7 Å². The maximum Gasteiger partial charge on any atom is 0.308 e. The van der Waals surface area contributed by atoms with Crippen molar-refractivity contribution in [1.82, 2.24) is 0 Å². The Morgan fingerprint density at radius 1 is 0.518 bits per heavy atom. The number of fused-ring (bicyclic) bond motifs is 4. The zero-order valence-electron chi connectivity index (χ0n) is 35.0. The van der Waals surface area contributed by atoms with E-state index < -0.39 is 61.4 Å². The largest absolute Gasteiger partial charge is 0.462 e. The molecule has 0 amide bonds. The maximum absolute atomic E-state index is 13.7. The highest BCUT2D eigenvalue weighted by Crippen LogP contribution is 2.38. The van der Waals surface area contributed by atoms with Crippen molar-refractivity contribution in [3.05, 3.63) is 0 Å². The standard InChI is InChI=1S/C40H68O16/c1-11-23-13-25-15-27(55-39-37(47-9)35(45-7)31(43-5)19-49-39)21(3)30(51-25)18-34(42)54-24(12-2)14-26-16-28(22(4)29(52-26)17-33(41)53-23)56-40-38(48-10)36(46-8)32(44-6)20-50-40/h21-32,35-40H,11-20H2,1-10H3/t21-,22-,23-,24-,25-,26-,27+,28+,29+,30+,31-,32-,35+,36+,37-,38-,39+,40+/m1/s1. The lowest BCUT2D eigenvalue weighted by Crippen LogP contribution is -2.58. The monoisotopic (exact) mass is 804 g/mol. The van der Waals surface area contributed by atoms with E-state index in [9.17, 15) is 9.59 Å². The highest BCUT2D eigenvalue weighted by Gasteiger charge is 2.49. The van der Waals surface area contributed by atoms with Gasteiger partial charge in [-0.1, -0.05) is 27.7 Å². The van der Waals surface area contributed by atoms with E-state index in [4.69, 9.17) is 66.3 Å². The van der Waals surface area contributed by atoms with Crippen LogP contribution in [0.25, 0.3) is 0 Å². The van der Waals surface area contributed by atoms with E-state index in [-0.39, 0.29) is 86.5 Å². The van der Waals surface area contributed by atoms with Gasteiger partial charge in [0, 0.05) is 80.2 Å². The quantitative estimate of drug-likeness (QED) is 0.264. The number of carbonyl (C=O) groups excluding carboxylic acids is 2. The average Bonchev–Trinajstić information content (AvgIpc) is 3.19. The minimum atomic E-state index is -0.736. The lowest BCUT2D eigenvalue weighted by Gasteiger charge is -2.46. The summed E-state index contributed by atoms with van der Waals surface area (Å²) in [6.07, 6.45) is -4.43.